The molecule has 0 fully saturated rings. The highest BCUT2D eigenvalue weighted by Crippen LogP contribution is 2.29. The van der Waals surface area contributed by atoms with Gasteiger partial charge in [0.2, 0.25) is 0 Å². The van der Waals surface area contributed by atoms with Crippen molar-refractivity contribution in [3.05, 3.63) is 87.9 Å². The summed E-state index contributed by atoms with van der Waals surface area (Å²) in [7, 11) is 1.56. The van der Waals surface area contributed by atoms with Crippen molar-refractivity contribution in [2.45, 2.75) is 33.1 Å². The smallest absolute Gasteiger partial charge is 0.305 e. The second kappa shape index (κ2) is 10.3. The Morgan fingerprint density at radius 3 is 2.17 bits per heavy atom. The molecule has 1 heterocycles. The maximum atomic E-state index is 12.7. The summed E-state index contributed by atoms with van der Waals surface area (Å²) in [6.07, 6.45) is 2.04. The zero-order chi connectivity index (χ0) is 24.9. The Bertz CT molecular complexity index is 1290. The molecule has 1 aromatic heterocycles. The molecule has 0 unspecified atom stereocenters. The number of rotatable bonds is 5. The fourth-order valence-corrected chi connectivity index (χ4v) is 3.87. The molecule has 0 bridgehead atoms. The predicted octanol–water partition coefficient (Wildman–Crippen LogP) is 3.45. The van der Waals surface area contributed by atoms with Gasteiger partial charge in [-0.15, -0.1) is 0 Å². The number of aryl methyl sites for hydroxylation is 2. The van der Waals surface area contributed by atoms with E-state index in [0.29, 0.717) is 52.3 Å². The topological polar surface area (TPSA) is 122 Å². The van der Waals surface area contributed by atoms with Gasteiger partial charge < -0.3 is 9.15 Å². The molecule has 9 nitrogen and oxygen atoms in total. The molecule has 0 atom stereocenters. The van der Waals surface area contributed by atoms with Crippen molar-refractivity contribution in [1.82, 2.24) is 16.3 Å². The number of methoxy groups -OCH3 is 1. The van der Waals surface area contributed by atoms with Crippen LogP contribution >= 0.6 is 0 Å². The number of fused-ring (bicyclic) bond motifs is 1. The molecule has 35 heavy (non-hydrogen) atoms. The lowest BCUT2D eigenvalue weighted by Gasteiger charge is -2.13. The molecule has 3 amide bonds. The summed E-state index contributed by atoms with van der Waals surface area (Å²) < 4.78 is 10.9. The molecule has 1 aliphatic carbocycles. The van der Waals surface area contributed by atoms with E-state index in [4.69, 9.17) is 9.15 Å². The highest BCUT2D eigenvalue weighted by atomic mass is 16.5. The van der Waals surface area contributed by atoms with E-state index in [0.717, 1.165) is 12.0 Å². The van der Waals surface area contributed by atoms with Crippen molar-refractivity contribution in [3.63, 3.8) is 0 Å². The third kappa shape index (κ3) is 5.24. The van der Waals surface area contributed by atoms with Crippen LogP contribution in [0.25, 0.3) is 0 Å². The molecule has 0 radical (unpaired) electrons. The molecule has 3 N–H and O–H groups in total. The third-order valence-electron chi connectivity index (χ3n) is 5.78. The standard InChI is InChI=1S/C26H26N4O5/c1-15-7-9-17(10-8-15)25(32)29-30-26(33)23-16(2)22-20(5-4-6-21(22)35-23)27-28-24(31)18-11-13-19(34-3)14-12-18/h7-14H,4-6H2,1-3H3,(H,28,31)(H,29,32)(H,30,33)/b27-20+. The Labute approximate surface area is 202 Å². The molecular weight excluding hydrogens is 448 g/mol. The first-order valence-corrected chi connectivity index (χ1v) is 11.2. The van der Waals surface area contributed by atoms with Crippen LogP contribution in [0.3, 0.4) is 0 Å². The number of ether oxygens (including phenoxy) is 1. The van der Waals surface area contributed by atoms with E-state index in [1.54, 1.807) is 50.4 Å². The Balaban J connectivity index is 1.46. The SMILES string of the molecule is COc1ccc(C(=O)N/N=C2\CCCc3oc(C(=O)NNC(=O)c4ccc(C)cc4)c(C)c32)cc1. The Morgan fingerprint density at radius 2 is 1.49 bits per heavy atom. The summed E-state index contributed by atoms with van der Waals surface area (Å²) in [6.45, 7) is 3.68. The number of nitrogens with one attached hydrogen (secondary N) is 3. The first-order chi connectivity index (χ1) is 16.9. The number of hydrazone groups is 1. The summed E-state index contributed by atoms with van der Waals surface area (Å²) >= 11 is 0. The van der Waals surface area contributed by atoms with Gasteiger partial charge in [-0.3, -0.25) is 25.2 Å². The monoisotopic (exact) mass is 474 g/mol. The quantitative estimate of drug-likeness (QED) is 0.489. The summed E-state index contributed by atoms with van der Waals surface area (Å²) in [4.78, 5) is 37.5. The van der Waals surface area contributed by atoms with Gasteiger partial charge in [-0.25, -0.2) is 5.43 Å². The second-order valence-corrected chi connectivity index (χ2v) is 8.21. The van der Waals surface area contributed by atoms with E-state index < -0.39 is 11.8 Å². The number of carbonyl (C=O) groups is 3. The first kappa shape index (κ1) is 23.7. The van der Waals surface area contributed by atoms with Gasteiger partial charge in [0.15, 0.2) is 5.76 Å². The largest absolute Gasteiger partial charge is 0.497 e. The van der Waals surface area contributed by atoms with Gasteiger partial charge >= 0.3 is 5.91 Å². The minimum Gasteiger partial charge on any atom is -0.497 e. The lowest BCUT2D eigenvalue weighted by atomic mass is 9.93. The van der Waals surface area contributed by atoms with Gasteiger partial charge in [0.1, 0.15) is 11.5 Å². The summed E-state index contributed by atoms with van der Waals surface area (Å²) in [5.41, 5.74) is 11.2. The highest BCUT2D eigenvalue weighted by Gasteiger charge is 2.28. The number of hydrogen-bond acceptors (Lipinski definition) is 6. The van der Waals surface area contributed by atoms with E-state index in [1.165, 1.54) is 0 Å². The molecule has 0 aliphatic heterocycles. The Morgan fingerprint density at radius 1 is 0.857 bits per heavy atom. The van der Waals surface area contributed by atoms with Gasteiger partial charge in [-0.1, -0.05) is 17.7 Å². The van der Waals surface area contributed by atoms with Gasteiger partial charge in [0.05, 0.1) is 12.8 Å². The minimum atomic E-state index is -0.570. The van der Waals surface area contributed by atoms with Gasteiger partial charge in [-0.05, 0) is 63.1 Å². The van der Waals surface area contributed by atoms with Crippen molar-refractivity contribution in [2.24, 2.45) is 5.10 Å². The summed E-state index contributed by atoms with van der Waals surface area (Å²) in [5.74, 6) is 0.0103. The molecule has 180 valence electrons. The number of nitrogens with zero attached hydrogens (tertiary/aromatic N) is 1. The second-order valence-electron chi connectivity index (χ2n) is 8.21. The number of hydrazine groups is 1. The van der Waals surface area contributed by atoms with Crippen molar-refractivity contribution < 1.29 is 23.5 Å². The van der Waals surface area contributed by atoms with E-state index in [2.05, 4.69) is 21.4 Å². The average molecular weight is 475 g/mol. The number of hydrogen-bond donors (Lipinski definition) is 3. The van der Waals surface area contributed by atoms with E-state index in [-0.39, 0.29) is 11.7 Å². The van der Waals surface area contributed by atoms with Crippen LogP contribution in [0.15, 0.2) is 58.0 Å². The van der Waals surface area contributed by atoms with Crippen LogP contribution in [0.4, 0.5) is 0 Å². The van der Waals surface area contributed by atoms with E-state index in [1.807, 2.05) is 19.1 Å². The number of amides is 3. The first-order valence-electron chi connectivity index (χ1n) is 11.2. The molecule has 4 rings (SSSR count). The fourth-order valence-electron chi connectivity index (χ4n) is 3.87. The molecule has 0 saturated heterocycles. The highest BCUT2D eigenvalue weighted by molar-refractivity contribution is 6.07. The van der Waals surface area contributed by atoms with Crippen LogP contribution in [0, 0.1) is 13.8 Å². The molecule has 9 heteroatoms. The predicted molar refractivity (Wildman–Crippen MR) is 129 cm³/mol. The lowest BCUT2D eigenvalue weighted by Crippen LogP contribution is -2.41. The molecule has 0 spiro atoms. The maximum absolute atomic E-state index is 12.7. The number of carbonyl (C=O) groups excluding carboxylic acids is 3. The van der Waals surface area contributed by atoms with Crippen LogP contribution in [0.2, 0.25) is 0 Å². The number of furan rings is 1. The van der Waals surface area contributed by atoms with Gasteiger partial charge in [-0.2, -0.15) is 5.10 Å². The molecule has 1 aliphatic rings. The minimum absolute atomic E-state index is 0.0929. The molecule has 0 saturated carbocycles. The van der Waals surface area contributed by atoms with Crippen LogP contribution < -0.4 is 21.0 Å². The van der Waals surface area contributed by atoms with Crippen LogP contribution in [-0.4, -0.2) is 30.5 Å². The van der Waals surface area contributed by atoms with Crippen LogP contribution in [-0.2, 0) is 6.42 Å². The van der Waals surface area contributed by atoms with Crippen LogP contribution in [0.1, 0.15) is 66.6 Å². The van der Waals surface area contributed by atoms with Gasteiger partial charge in [0, 0.05) is 28.7 Å². The average Bonchev–Trinajstić information content (AvgIpc) is 3.23. The molecular formula is C26H26N4O5. The molecule has 2 aromatic carbocycles. The van der Waals surface area contributed by atoms with Gasteiger partial charge in [0.25, 0.3) is 11.8 Å². The maximum Gasteiger partial charge on any atom is 0.305 e. The number of benzene rings is 2. The normalized spacial score (nSPS) is 13.6. The zero-order valence-electron chi connectivity index (χ0n) is 19.7. The van der Waals surface area contributed by atoms with Crippen LogP contribution in [0.5, 0.6) is 5.75 Å². The Hall–Kier alpha value is -4.40. The summed E-state index contributed by atoms with van der Waals surface area (Å²) in [5, 5.41) is 4.32. The van der Waals surface area contributed by atoms with Crippen molar-refractivity contribution in [2.75, 3.05) is 7.11 Å². The fraction of sp³-hybridized carbons (Fsp3) is 0.231. The third-order valence-corrected chi connectivity index (χ3v) is 5.78. The van der Waals surface area contributed by atoms with Crippen molar-refractivity contribution in [1.29, 1.82) is 0 Å². The van der Waals surface area contributed by atoms with Crippen molar-refractivity contribution >= 4 is 23.4 Å². The van der Waals surface area contributed by atoms with E-state index in [9.17, 15) is 14.4 Å². The molecule has 3 aromatic rings. The van der Waals surface area contributed by atoms with Crippen molar-refractivity contribution in [3.8, 4) is 5.75 Å². The lowest BCUT2D eigenvalue weighted by molar-refractivity contribution is 0.0829. The van der Waals surface area contributed by atoms with E-state index >= 15 is 0 Å². The Kier molecular flexibility index (Phi) is 6.96. The summed E-state index contributed by atoms with van der Waals surface area (Å²) in [6, 6.07) is 13.7. The zero-order valence-corrected chi connectivity index (χ0v) is 19.7.